The molecule has 1 saturated heterocycles. The molecule has 0 bridgehead atoms. The van der Waals surface area contributed by atoms with Gasteiger partial charge in [0.1, 0.15) is 4.88 Å². The summed E-state index contributed by atoms with van der Waals surface area (Å²) in [6.45, 7) is 1.29. The Balaban J connectivity index is 1.56. The van der Waals surface area contributed by atoms with Gasteiger partial charge in [-0.25, -0.2) is 4.79 Å². The summed E-state index contributed by atoms with van der Waals surface area (Å²) in [6, 6.07) is 8.92. The zero-order valence-corrected chi connectivity index (χ0v) is 16.5. The summed E-state index contributed by atoms with van der Waals surface area (Å²) >= 11 is 7.40. The van der Waals surface area contributed by atoms with E-state index in [4.69, 9.17) is 26.8 Å². The Morgan fingerprint density at radius 1 is 1.37 bits per heavy atom. The number of likely N-dealkylation sites (tertiary alicyclic amines) is 1. The van der Waals surface area contributed by atoms with Crippen LogP contribution in [0.4, 0.5) is 5.69 Å². The van der Waals surface area contributed by atoms with Gasteiger partial charge in [0, 0.05) is 28.6 Å². The van der Waals surface area contributed by atoms with E-state index in [9.17, 15) is 9.59 Å². The van der Waals surface area contributed by atoms with E-state index in [-0.39, 0.29) is 17.9 Å². The molecule has 8 heteroatoms. The van der Waals surface area contributed by atoms with Gasteiger partial charge in [-0.15, -0.1) is 11.3 Å². The van der Waals surface area contributed by atoms with Crippen LogP contribution >= 0.6 is 22.9 Å². The zero-order valence-electron chi connectivity index (χ0n) is 14.9. The largest absolute Gasteiger partial charge is 0.465 e. The number of nitrogens with zero attached hydrogens (tertiary/aromatic N) is 1. The number of carbonyl (C=O) groups excluding carboxylic acids is 2. The van der Waals surface area contributed by atoms with Crippen molar-refractivity contribution in [3.8, 4) is 0 Å². The zero-order chi connectivity index (χ0) is 19.4. The van der Waals surface area contributed by atoms with E-state index < -0.39 is 0 Å². The fourth-order valence-corrected chi connectivity index (χ4v) is 4.24. The maximum absolute atomic E-state index is 12.3. The van der Waals surface area contributed by atoms with Crippen LogP contribution in [0.15, 0.2) is 30.3 Å². The normalized spacial score (nSPS) is 16.7. The Bertz CT molecular complexity index is 819. The van der Waals surface area contributed by atoms with Gasteiger partial charge in [0.2, 0.25) is 5.91 Å². The standard InChI is InChI=1S/C19H21ClN2O4S/c1-25-19(24)17-4-3-16(27-17)11-26-10-15-2-5-18(23)22(15)9-12-6-13(20)8-14(21)7-12/h3-4,6-8,15H,2,5,9-11,21H2,1H3/t15-/m1/s1. The molecule has 1 atom stereocenters. The van der Waals surface area contributed by atoms with Crippen molar-refractivity contribution in [1.29, 1.82) is 0 Å². The van der Waals surface area contributed by atoms with E-state index in [2.05, 4.69) is 0 Å². The van der Waals surface area contributed by atoms with Gasteiger partial charge >= 0.3 is 5.97 Å². The van der Waals surface area contributed by atoms with Gasteiger partial charge in [-0.05, 0) is 42.3 Å². The van der Waals surface area contributed by atoms with E-state index in [0.717, 1.165) is 16.9 Å². The van der Waals surface area contributed by atoms with Crippen molar-refractivity contribution in [3.63, 3.8) is 0 Å². The Morgan fingerprint density at radius 3 is 2.93 bits per heavy atom. The summed E-state index contributed by atoms with van der Waals surface area (Å²) in [5.74, 6) is -0.245. The number of thiophene rings is 1. The fourth-order valence-electron chi connectivity index (χ4n) is 3.11. The van der Waals surface area contributed by atoms with Crippen molar-refractivity contribution < 1.29 is 19.1 Å². The molecule has 144 valence electrons. The number of esters is 1. The number of hydrogen-bond donors (Lipinski definition) is 1. The smallest absolute Gasteiger partial charge is 0.348 e. The van der Waals surface area contributed by atoms with Crippen LogP contribution in [0.3, 0.4) is 0 Å². The molecule has 2 N–H and O–H groups in total. The van der Waals surface area contributed by atoms with Crippen LogP contribution in [0.2, 0.25) is 5.02 Å². The molecule has 1 aliphatic heterocycles. The molecule has 1 aromatic carbocycles. The molecule has 0 spiro atoms. The van der Waals surface area contributed by atoms with E-state index in [1.807, 2.05) is 23.1 Å². The first kappa shape index (κ1) is 19.7. The average molecular weight is 409 g/mol. The Hall–Kier alpha value is -2.09. The second-order valence-corrected chi connectivity index (χ2v) is 7.98. The third-order valence-corrected chi connectivity index (χ3v) is 5.65. The molecule has 27 heavy (non-hydrogen) atoms. The van der Waals surface area contributed by atoms with Crippen molar-refractivity contribution in [2.75, 3.05) is 19.5 Å². The molecule has 1 amide bonds. The van der Waals surface area contributed by atoms with Gasteiger partial charge in [0.15, 0.2) is 0 Å². The van der Waals surface area contributed by atoms with Crippen molar-refractivity contribution in [2.45, 2.75) is 32.0 Å². The van der Waals surface area contributed by atoms with Gasteiger partial charge in [-0.3, -0.25) is 4.79 Å². The quantitative estimate of drug-likeness (QED) is 0.560. The number of amides is 1. The average Bonchev–Trinajstić information content (AvgIpc) is 3.22. The van der Waals surface area contributed by atoms with Crippen LogP contribution < -0.4 is 5.73 Å². The minimum Gasteiger partial charge on any atom is -0.465 e. The molecular weight excluding hydrogens is 388 g/mol. The number of ether oxygens (including phenoxy) is 2. The first-order valence-electron chi connectivity index (χ1n) is 8.55. The topological polar surface area (TPSA) is 81.9 Å². The van der Waals surface area contributed by atoms with Crippen LogP contribution in [0.1, 0.15) is 33.0 Å². The number of benzene rings is 1. The first-order chi connectivity index (χ1) is 13.0. The number of methoxy groups -OCH3 is 1. The third-order valence-electron chi connectivity index (χ3n) is 4.39. The van der Waals surface area contributed by atoms with Gasteiger partial charge < -0.3 is 20.1 Å². The highest BCUT2D eigenvalue weighted by atomic mass is 35.5. The molecule has 6 nitrogen and oxygen atoms in total. The molecule has 0 radical (unpaired) electrons. The second kappa shape index (κ2) is 8.73. The van der Waals surface area contributed by atoms with Crippen molar-refractivity contribution in [2.24, 2.45) is 0 Å². The van der Waals surface area contributed by atoms with Gasteiger partial charge in [0.05, 0.1) is 26.4 Å². The molecule has 1 fully saturated rings. The maximum atomic E-state index is 12.3. The summed E-state index contributed by atoms with van der Waals surface area (Å²) in [6.07, 6.45) is 1.27. The molecule has 2 heterocycles. The van der Waals surface area contributed by atoms with Crippen molar-refractivity contribution in [3.05, 3.63) is 50.7 Å². The molecule has 1 aliphatic rings. The SMILES string of the molecule is COC(=O)c1ccc(COC[C@H]2CCC(=O)N2Cc2cc(N)cc(Cl)c2)s1. The number of carbonyl (C=O) groups is 2. The minimum atomic E-state index is -0.348. The third kappa shape index (κ3) is 5.00. The number of anilines is 1. The Morgan fingerprint density at radius 2 is 2.19 bits per heavy atom. The molecule has 1 aromatic heterocycles. The molecule has 0 aliphatic carbocycles. The van der Waals surface area contributed by atoms with Crippen LogP contribution in [0.25, 0.3) is 0 Å². The van der Waals surface area contributed by atoms with E-state index in [1.165, 1.54) is 18.4 Å². The van der Waals surface area contributed by atoms with Crippen LogP contribution in [-0.4, -0.2) is 36.5 Å². The molecule has 0 unspecified atom stereocenters. The lowest BCUT2D eigenvalue weighted by Gasteiger charge is -2.25. The van der Waals surface area contributed by atoms with Gasteiger partial charge in [0.25, 0.3) is 0 Å². The highest BCUT2D eigenvalue weighted by Crippen LogP contribution is 2.25. The summed E-state index contributed by atoms with van der Waals surface area (Å²) < 4.78 is 10.5. The number of halogens is 1. The van der Waals surface area contributed by atoms with Crippen molar-refractivity contribution in [1.82, 2.24) is 4.90 Å². The number of nitrogen functional groups attached to an aromatic ring is 1. The van der Waals surface area contributed by atoms with Gasteiger partial charge in [-0.1, -0.05) is 11.6 Å². The predicted molar refractivity (Wildman–Crippen MR) is 105 cm³/mol. The number of nitrogens with two attached hydrogens (primary N) is 1. The predicted octanol–water partition coefficient (Wildman–Crippen LogP) is 3.48. The first-order valence-corrected chi connectivity index (χ1v) is 9.75. The number of rotatable bonds is 7. The summed E-state index contributed by atoms with van der Waals surface area (Å²) in [7, 11) is 1.36. The van der Waals surface area contributed by atoms with Crippen LogP contribution in [0, 0.1) is 0 Å². The molecule has 2 aromatic rings. The lowest BCUT2D eigenvalue weighted by molar-refractivity contribution is -0.130. The highest BCUT2D eigenvalue weighted by molar-refractivity contribution is 7.13. The highest BCUT2D eigenvalue weighted by Gasteiger charge is 2.31. The van der Waals surface area contributed by atoms with E-state index in [1.54, 1.807) is 12.1 Å². The van der Waals surface area contributed by atoms with Gasteiger partial charge in [-0.2, -0.15) is 0 Å². The Labute approximate surface area is 166 Å². The lowest BCUT2D eigenvalue weighted by atomic mass is 10.1. The van der Waals surface area contributed by atoms with Crippen LogP contribution in [0.5, 0.6) is 0 Å². The van der Waals surface area contributed by atoms with E-state index in [0.29, 0.717) is 41.8 Å². The summed E-state index contributed by atoms with van der Waals surface area (Å²) in [5, 5.41) is 0.559. The molecule has 3 rings (SSSR count). The summed E-state index contributed by atoms with van der Waals surface area (Å²) in [4.78, 5) is 27.1. The fraction of sp³-hybridized carbons (Fsp3) is 0.368. The van der Waals surface area contributed by atoms with Crippen molar-refractivity contribution >= 4 is 40.5 Å². The molecular formula is C19H21ClN2O4S. The monoisotopic (exact) mass is 408 g/mol. The maximum Gasteiger partial charge on any atom is 0.348 e. The Kier molecular flexibility index (Phi) is 6.36. The second-order valence-electron chi connectivity index (χ2n) is 6.38. The van der Waals surface area contributed by atoms with Crippen LogP contribution in [-0.2, 0) is 27.4 Å². The van der Waals surface area contributed by atoms with E-state index >= 15 is 0 Å². The lowest BCUT2D eigenvalue weighted by Crippen LogP contribution is -2.35. The summed E-state index contributed by atoms with van der Waals surface area (Å²) in [5.41, 5.74) is 7.32. The minimum absolute atomic E-state index is 0.0118. The number of hydrogen-bond acceptors (Lipinski definition) is 6. The molecule has 0 saturated carbocycles.